The third-order valence-electron chi connectivity index (χ3n) is 3.35. The van der Waals surface area contributed by atoms with Gasteiger partial charge in [-0.15, -0.1) is 0 Å². The monoisotopic (exact) mass is 242 g/mol. The van der Waals surface area contributed by atoms with E-state index in [4.69, 9.17) is 0 Å². The van der Waals surface area contributed by atoms with Gasteiger partial charge >= 0.3 is 5.97 Å². The van der Waals surface area contributed by atoms with Crippen molar-refractivity contribution in [3.05, 3.63) is 0 Å². The SMILES string of the molecule is COC(=O)C(NC(=O)C(C)C1CNC1)C(C)C. The molecule has 2 N–H and O–H groups in total. The minimum Gasteiger partial charge on any atom is -0.467 e. The molecule has 5 nitrogen and oxygen atoms in total. The molecule has 1 aliphatic rings. The molecular weight excluding hydrogens is 220 g/mol. The van der Waals surface area contributed by atoms with E-state index in [0.29, 0.717) is 5.92 Å². The average Bonchev–Trinajstić information content (AvgIpc) is 2.21. The van der Waals surface area contributed by atoms with E-state index in [0.717, 1.165) is 13.1 Å². The number of rotatable bonds is 5. The first-order valence-electron chi connectivity index (χ1n) is 6.06. The largest absolute Gasteiger partial charge is 0.467 e. The van der Waals surface area contributed by atoms with Gasteiger partial charge in [0.05, 0.1) is 7.11 Å². The van der Waals surface area contributed by atoms with Gasteiger partial charge in [-0.25, -0.2) is 4.79 Å². The molecule has 1 saturated heterocycles. The summed E-state index contributed by atoms with van der Waals surface area (Å²) in [5.74, 6) is -0.117. The van der Waals surface area contributed by atoms with E-state index < -0.39 is 6.04 Å². The lowest BCUT2D eigenvalue weighted by molar-refractivity contribution is -0.147. The van der Waals surface area contributed by atoms with Crippen molar-refractivity contribution in [1.29, 1.82) is 0 Å². The van der Waals surface area contributed by atoms with E-state index in [1.54, 1.807) is 0 Å². The lowest BCUT2D eigenvalue weighted by Gasteiger charge is -2.32. The molecule has 98 valence electrons. The Morgan fingerprint density at radius 1 is 1.29 bits per heavy atom. The fourth-order valence-electron chi connectivity index (χ4n) is 1.79. The van der Waals surface area contributed by atoms with Crippen LogP contribution in [-0.2, 0) is 14.3 Å². The Morgan fingerprint density at radius 3 is 2.24 bits per heavy atom. The first-order valence-corrected chi connectivity index (χ1v) is 6.06. The van der Waals surface area contributed by atoms with Crippen LogP contribution in [0.4, 0.5) is 0 Å². The van der Waals surface area contributed by atoms with Crippen LogP contribution in [0.2, 0.25) is 0 Å². The van der Waals surface area contributed by atoms with Gasteiger partial charge < -0.3 is 15.4 Å². The van der Waals surface area contributed by atoms with Crippen molar-refractivity contribution < 1.29 is 14.3 Å². The van der Waals surface area contributed by atoms with E-state index >= 15 is 0 Å². The van der Waals surface area contributed by atoms with Crippen LogP contribution in [0.5, 0.6) is 0 Å². The van der Waals surface area contributed by atoms with Crippen molar-refractivity contribution in [2.45, 2.75) is 26.8 Å². The molecule has 0 saturated carbocycles. The fraction of sp³-hybridized carbons (Fsp3) is 0.833. The van der Waals surface area contributed by atoms with Crippen LogP contribution >= 0.6 is 0 Å². The van der Waals surface area contributed by atoms with Crippen molar-refractivity contribution in [3.63, 3.8) is 0 Å². The molecule has 1 heterocycles. The van der Waals surface area contributed by atoms with Crippen LogP contribution in [0.3, 0.4) is 0 Å². The summed E-state index contributed by atoms with van der Waals surface area (Å²) in [4.78, 5) is 23.5. The van der Waals surface area contributed by atoms with E-state index in [1.807, 2.05) is 20.8 Å². The predicted molar refractivity (Wildman–Crippen MR) is 64.3 cm³/mol. The van der Waals surface area contributed by atoms with Gasteiger partial charge in [0.1, 0.15) is 6.04 Å². The molecule has 17 heavy (non-hydrogen) atoms. The maximum Gasteiger partial charge on any atom is 0.328 e. The van der Waals surface area contributed by atoms with Gasteiger partial charge in [0, 0.05) is 5.92 Å². The molecule has 1 fully saturated rings. The zero-order valence-corrected chi connectivity index (χ0v) is 10.9. The van der Waals surface area contributed by atoms with Crippen molar-refractivity contribution in [1.82, 2.24) is 10.6 Å². The number of methoxy groups -OCH3 is 1. The molecule has 5 heteroatoms. The highest BCUT2D eigenvalue weighted by Gasteiger charge is 2.32. The van der Waals surface area contributed by atoms with Gasteiger partial charge in [-0.1, -0.05) is 20.8 Å². The minimum absolute atomic E-state index is 0.0260. The van der Waals surface area contributed by atoms with Gasteiger partial charge in [-0.05, 0) is 24.9 Å². The normalized spacial score (nSPS) is 19.4. The molecule has 0 aromatic heterocycles. The van der Waals surface area contributed by atoms with Crippen LogP contribution in [0.15, 0.2) is 0 Å². The molecular formula is C12H22N2O3. The second-order valence-corrected chi connectivity index (χ2v) is 4.96. The van der Waals surface area contributed by atoms with Crippen LogP contribution in [-0.4, -0.2) is 38.1 Å². The second kappa shape index (κ2) is 6.00. The van der Waals surface area contributed by atoms with E-state index in [-0.39, 0.29) is 23.7 Å². The Kier molecular flexibility index (Phi) is 4.93. The Balaban J connectivity index is 2.53. The molecule has 0 aromatic carbocycles. The van der Waals surface area contributed by atoms with Crippen molar-refractivity contribution in [2.75, 3.05) is 20.2 Å². The summed E-state index contributed by atoms with van der Waals surface area (Å²) >= 11 is 0. The fourth-order valence-corrected chi connectivity index (χ4v) is 1.79. The third kappa shape index (κ3) is 3.43. The first-order chi connectivity index (χ1) is 7.97. The Labute approximate surface area is 102 Å². The minimum atomic E-state index is -0.553. The number of amides is 1. The average molecular weight is 242 g/mol. The summed E-state index contributed by atoms with van der Waals surface area (Å²) in [6.45, 7) is 7.42. The molecule has 1 aliphatic heterocycles. The highest BCUT2D eigenvalue weighted by Crippen LogP contribution is 2.16. The molecule has 0 bridgehead atoms. The molecule has 0 aromatic rings. The summed E-state index contributed by atoms with van der Waals surface area (Å²) < 4.78 is 4.69. The highest BCUT2D eigenvalue weighted by atomic mass is 16.5. The first kappa shape index (κ1) is 14.0. The maximum absolute atomic E-state index is 12.0. The quantitative estimate of drug-likeness (QED) is 0.674. The predicted octanol–water partition coefficient (Wildman–Crippen LogP) is 0.156. The summed E-state index contributed by atoms with van der Waals surface area (Å²) in [5, 5.41) is 5.91. The molecule has 1 amide bonds. The number of carbonyl (C=O) groups is 2. The number of hydrogen-bond donors (Lipinski definition) is 2. The Hall–Kier alpha value is -1.10. The second-order valence-electron chi connectivity index (χ2n) is 4.96. The topological polar surface area (TPSA) is 67.4 Å². The van der Waals surface area contributed by atoms with E-state index in [9.17, 15) is 9.59 Å². The number of hydrogen-bond acceptors (Lipinski definition) is 4. The maximum atomic E-state index is 12.0. The Bertz CT molecular complexity index is 287. The van der Waals surface area contributed by atoms with Gasteiger partial charge in [-0.2, -0.15) is 0 Å². The smallest absolute Gasteiger partial charge is 0.328 e. The van der Waals surface area contributed by atoms with Crippen LogP contribution in [0, 0.1) is 17.8 Å². The van der Waals surface area contributed by atoms with Crippen molar-refractivity contribution >= 4 is 11.9 Å². The summed E-state index contributed by atoms with van der Waals surface area (Å²) in [7, 11) is 1.34. The van der Waals surface area contributed by atoms with Gasteiger partial charge in [-0.3, -0.25) is 4.79 Å². The van der Waals surface area contributed by atoms with Gasteiger partial charge in [0.25, 0.3) is 0 Å². The number of ether oxygens (including phenoxy) is 1. The number of carbonyl (C=O) groups excluding carboxylic acids is 2. The standard InChI is InChI=1S/C12H22N2O3/c1-7(2)10(12(16)17-4)14-11(15)8(3)9-5-13-6-9/h7-10,13H,5-6H2,1-4H3,(H,14,15). The summed E-state index contributed by atoms with van der Waals surface area (Å²) in [6, 6.07) is -0.553. The molecule has 1 rings (SSSR count). The molecule has 0 spiro atoms. The van der Waals surface area contributed by atoms with Crippen LogP contribution in [0.25, 0.3) is 0 Å². The number of nitrogens with one attached hydrogen (secondary N) is 2. The summed E-state index contributed by atoms with van der Waals surface area (Å²) in [5.41, 5.74) is 0. The highest BCUT2D eigenvalue weighted by molar-refractivity contribution is 5.85. The zero-order chi connectivity index (χ0) is 13.0. The van der Waals surface area contributed by atoms with E-state index in [1.165, 1.54) is 7.11 Å². The van der Waals surface area contributed by atoms with Crippen molar-refractivity contribution in [3.8, 4) is 0 Å². The number of esters is 1. The van der Waals surface area contributed by atoms with Crippen LogP contribution in [0.1, 0.15) is 20.8 Å². The van der Waals surface area contributed by atoms with Gasteiger partial charge in [0.15, 0.2) is 0 Å². The lowest BCUT2D eigenvalue weighted by Crippen LogP contribution is -2.53. The van der Waals surface area contributed by atoms with Gasteiger partial charge in [0.2, 0.25) is 5.91 Å². The molecule has 2 unspecified atom stereocenters. The van der Waals surface area contributed by atoms with Crippen molar-refractivity contribution in [2.24, 2.45) is 17.8 Å². The summed E-state index contributed by atoms with van der Waals surface area (Å²) in [6.07, 6.45) is 0. The van der Waals surface area contributed by atoms with Crippen LogP contribution < -0.4 is 10.6 Å². The molecule has 0 radical (unpaired) electrons. The third-order valence-corrected chi connectivity index (χ3v) is 3.35. The molecule has 2 atom stereocenters. The zero-order valence-electron chi connectivity index (χ0n) is 10.9. The Morgan fingerprint density at radius 2 is 1.88 bits per heavy atom. The molecule has 0 aliphatic carbocycles. The lowest BCUT2D eigenvalue weighted by atomic mass is 9.88. The van der Waals surface area contributed by atoms with E-state index in [2.05, 4.69) is 15.4 Å².